The van der Waals surface area contributed by atoms with Gasteiger partial charge in [0, 0.05) is 32.7 Å². The molecule has 1 fully saturated rings. The Hall–Kier alpha value is -0.640. The van der Waals surface area contributed by atoms with Gasteiger partial charge in [0.05, 0.1) is 16.6 Å². The summed E-state index contributed by atoms with van der Waals surface area (Å²) in [6.07, 6.45) is 0. The van der Waals surface area contributed by atoms with Crippen LogP contribution in [0, 0.1) is 11.3 Å². The summed E-state index contributed by atoms with van der Waals surface area (Å²) in [5.74, 6) is 0.206. The topological polar surface area (TPSA) is 64.4 Å². The molecule has 0 spiro atoms. The Kier molecular flexibility index (Phi) is 5.23. The quantitative estimate of drug-likeness (QED) is 0.778. The summed E-state index contributed by atoms with van der Waals surface area (Å²) in [4.78, 5) is 4.33. The normalized spacial score (nSPS) is 19.8. The van der Waals surface area contributed by atoms with Crippen LogP contribution < -0.4 is 0 Å². The van der Waals surface area contributed by atoms with Crippen LogP contribution in [0.5, 0.6) is 0 Å². The van der Waals surface area contributed by atoms with E-state index < -0.39 is 20.1 Å². The Morgan fingerprint density at radius 3 is 1.95 bits per heavy atom. The molecule has 0 N–H and O–H groups in total. The molecule has 20 heavy (non-hydrogen) atoms. The highest BCUT2D eigenvalue weighted by Crippen LogP contribution is 2.18. The van der Waals surface area contributed by atoms with Gasteiger partial charge in [0.1, 0.15) is 5.54 Å². The fraction of sp³-hybridized carbons (Fsp3) is 0.929. The Morgan fingerprint density at radius 1 is 1.05 bits per heavy atom. The van der Waals surface area contributed by atoms with Crippen molar-refractivity contribution in [2.45, 2.75) is 44.9 Å². The van der Waals surface area contributed by atoms with Gasteiger partial charge in [-0.2, -0.15) is 5.26 Å². The van der Waals surface area contributed by atoms with Crippen molar-refractivity contribution in [3.8, 4) is 6.07 Å². The van der Waals surface area contributed by atoms with Gasteiger partial charge >= 0.3 is 0 Å². The van der Waals surface area contributed by atoms with Crippen molar-refractivity contribution < 1.29 is 8.42 Å². The lowest BCUT2D eigenvalue weighted by Crippen LogP contribution is -2.54. The van der Waals surface area contributed by atoms with Gasteiger partial charge in [0.25, 0.3) is 0 Å². The van der Waals surface area contributed by atoms with E-state index in [2.05, 4.69) is 15.9 Å². The number of hydrogen-bond donors (Lipinski definition) is 0. The molecule has 5 nitrogen and oxygen atoms in total. The van der Waals surface area contributed by atoms with E-state index in [1.807, 2.05) is 13.8 Å². The Balaban J connectivity index is 2.47. The zero-order valence-electron chi connectivity index (χ0n) is 13.3. The van der Waals surface area contributed by atoms with Gasteiger partial charge in [0.15, 0.2) is 9.84 Å². The molecule has 0 aromatic carbocycles. The molecular formula is C14H27N3O2S. The van der Waals surface area contributed by atoms with E-state index in [1.165, 1.54) is 0 Å². The Bertz CT molecular complexity index is 464. The predicted octanol–water partition coefficient (Wildman–Crippen LogP) is 1.12. The summed E-state index contributed by atoms with van der Waals surface area (Å²) in [5.41, 5.74) is -0.441. The van der Waals surface area contributed by atoms with Crippen LogP contribution in [0.4, 0.5) is 0 Å². The van der Waals surface area contributed by atoms with Gasteiger partial charge in [0.2, 0.25) is 0 Å². The van der Waals surface area contributed by atoms with E-state index in [9.17, 15) is 8.42 Å². The highest BCUT2D eigenvalue weighted by atomic mass is 32.2. The maximum Gasteiger partial charge on any atom is 0.156 e. The minimum Gasteiger partial charge on any atom is -0.300 e. The molecule has 0 amide bonds. The monoisotopic (exact) mass is 301 g/mol. The molecule has 6 heteroatoms. The van der Waals surface area contributed by atoms with Gasteiger partial charge in [-0.25, -0.2) is 8.42 Å². The minimum atomic E-state index is -3.05. The lowest BCUT2D eigenvalue weighted by atomic mass is 10.0. The summed E-state index contributed by atoms with van der Waals surface area (Å²) in [7, 11) is -3.05. The summed E-state index contributed by atoms with van der Waals surface area (Å²) in [6.45, 7) is 12.9. The second kappa shape index (κ2) is 6.00. The number of sulfone groups is 1. The first-order valence-corrected chi connectivity index (χ1v) is 8.76. The van der Waals surface area contributed by atoms with Crippen LogP contribution in [-0.4, -0.2) is 67.0 Å². The average molecular weight is 301 g/mol. The molecule has 1 aliphatic heterocycles. The van der Waals surface area contributed by atoms with E-state index in [4.69, 9.17) is 5.26 Å². The first-order valence-electron chi connectivity index (χ1n) is 7.10. The van der Waals surface area contributed by atoms with E-state index in [0.29, 0.717) is 6.54 Å². The smallest absolute Gasteiger partial charge is 0.156 e. The van der Waals surface area contributed by atoms with Gasteiger partial charge in [-0.15, -0.1) is 0 Å². The maximum atomic E-state index is 12.1. The Labute approximate surface area is 123 Å². The second-order valence-corrected chi connectivity index (χ2v) is 9.79. The van der Waals surface area contributed by atoms with Crippen molar-refractivity contribution in [1.82, 2.24) is 9.80 Å². The fourth-order valence-corrected chi connectivity index (χ4v) is 3.27. The molecule has 0 atom stereocenters. The van der Waals surface area contributed by atoms with Crippen LogP contribution in [0.2, 0.25) is 0 Å². The molecule has 0 aromatic heterocycles. The highest BCUT2D eigenvalue weighted by Gasteiger charge is 2.32. The van der Waals surface area contributed by atoms with Crippen molar-refractivity contribution >= 4 is 9.84 Å². The van der Waals surface area contributed by atoms with Crippen molar-refractivity contribution in [3.05, 3.63) is 0 Å². The number of hydrogen-bond acceptors (Lipinski definition) is 5. The third-order valence-corrected chi connectivity index (χ3v) is 6.63. The molecule has 1 rings (SSSR count). The Morgan fingerprint density at radius 2 is 1.55 bits per heavy atom. The lowest BCUT2D eigenvalue weighted by Gasteiger charge is -2.40. The zero-order valence-corrected chi connectivity index (χ0v) is 14.1. The van der Waals surface area contributed by atoms with Gasteiger partial charge in [-0.1, -0.05) is 0 Å². The van der Waals surface area contributed by atoms with Crippen molar-refractivity contribution in [1.29, 1.82) is 5.26 Å². The van der Waals surface area contributed by atoms with Crippen molar-refractivity contribution in [3.63, 3.8) is 0 Å². The predicted molar refractivity (Wildman–Crippen MR) is 81.2 cm³/mol. The first kappa shape index (κ1) is 17.4. The van der Waals surface area contributed by atoms with Crippen LogP contribution in [0.3, 0.4) is 0 Å². The molecule has 1 saturated heterocycles. The van der Waals surface area contributed by atoms with Gasteiger partial charge in [-0.05, 0) is 34.6 Å². The zero-order chi connectivity index (χ0) is 15.6. The van der Waals surface area contributed by atoms with E-state index in [1.54, 1.807) is 20.8 Å². The molecule has 0 aromatic rings. The van der Waals surface area contributed by atoms with Gasteiger partial charge in [-0.3, -0.25) is 9.80 Å². The largest absolute Gasteiger partial charge is 0.300 e. The van der Waals surface area contributed by atoms with Crippen LogP contribution in [0.25, 0.3) is 0 Å². The standard InChI is InChI=1S/C14H27N3O2S/c1-13(2,3)20(18,19)11-10-16-6-8-17(9-7-16)14(4,5)12-15/h6-11H2,1-5H3. The van der Waals surface area contributed by atoms with Gasteiger partial charge < -0.3 is 0 Å². The molecular weight excluding hydrogens is 274 g/mol. The number of nitrogens with zero attached hydrogens (tertiary/aromatic N) is 3. The highest BCUT2D eigenvalue weighted by molar-refractivity contribution is 7.92. The van der Waals surface area contributed by atoms with E-state index >= 15 is 0 Å². The molecule has 0 aliphatic carbocycles. The molecule has 0 unspecified atom stereocenters. The summed E-state index contributed by atoms with van der Waals surface area (Å²) in [6, 6.07) is 2.31. The average Bonchev–Trinajstić information content (AvgIpc) is 2.35. The SMILES string of the molecule is CC(C)(C#N)N1CCN(CCS(=O)(=O)C(C)(C)C)CC1. The van der Waals surface area contributed by atoms with Crippen LogP contribution in [-0.2, 0) is 9.84 Å². The van der Waals surface area contributed by atoms with Crippen LogP contribution in [0.15, 0.2) is 0 Å². The summed E-state index contributed by atoms with van der Waals surface area (Å²) >= 11 is 0. The first-order chi connectivity index (χ1) is 8.99. The minimum absolute atomic E-state index is 0.206. The maximum absolute atomic E-state index is 12.1. The third-order valence-electron chi connectivity index (χ3n) is 4.05. The van der Waals surface area contributed by atoms with Crippen LogP contribution in [0.1, 0.15) is 34.6 Å². The number of nitriles is 1. The molecule has 0 radical (unpaired) electrons. The lowest BCUT2D eigenvalue weighted by molar-refractivity contribution is 0.0833. The summed E-state index contributed by atoms with van der Waals surface area (Å²) in [5, 5.41) is 9.13. The second-order valence-electron chi connectivity index (χ2n) is 6.93. The molecule has 1 aliphatic rings. The van der Waals surface area contributed by atoms with E-state index in [0.717, 1.165) is 26.2 Å². The molecule has 1 heterocycles. The van der Waals surface area contributed by atoms with E-state index in [-0.39, 0.29) is 5.75 Å². The number of rotatable bonds is 4. The third kappa shape index (κ3) is 4.18. The molecule has 0 saturated carbocycles. The van der Waals surface area contributed by atoms with Crippen LogP contribution >= 0.6 is 0 Å². The van der Waals surface area contributed by atoms with Crippen molar-refractivity contribution in [2.24, 2.45) is 0 Å². The molecule has 0 bridgehead atoms. The summed E-state index contributed by atoms with van der Waals surface area (Å²) < 4.78 is 23.5. The van der Waals surface area contributed by atoms with Crippen molar-refractivity contribution in [2.75, 3.05) is 38.5 Å². The molecule has 116 valence electrons. The number of piperazine rings is 1. The fourth-order valence-electron chi connectivity index (χ4n) is 2.16.